The van der Waals surface area contributed by atoms with Gasteiger partial charge in [0, 0.05) is 19.2 Å². The number of nitrogens with zero attached hydrogens (tertiary/aromatic N) is 1. The zero-order valence-corrected chi connectivity index (χ0v) is 17.4. The molecule has 1 heterocycles. The van der Waals surface area contributed by atoms with Gasteiger partial charge in [0.1, 0.15) is 23.9 Å². The third-order valence-corrected chi connectivity index (χ3v) is 5.05. The van der Waals surface area contributed by atoms with Crippen LogP contribution in [0, 0.1) is 12.7 Å². The second-order valence-electron chi connectivity index (χ2n) is 7.12. The lowest BCUT2D eigenvalue weighted by Gasteiger charge is -2.25. The molecule has 0 aliphatic carbocycles. The summed E-state index contributed by atoms with van der Waals surface area (Å²) in [5.74, 6) is -1.80. The van der Waals surface area contributed by atoms with Crippen molar-refractivity contribution in [2.45, 2.75) is 13.0 Å². The van der Waals surface area contributed by atoms with Gasteiger partial charge in [0.15, 0.2) is 0 Å². The largest absolute Gasteiger partial charge is 0.507 e. The first-order valence-corrected chi connectivity index (χ1v) is 9.76. The van der Waals surface area contributed by atoms with Crippen LogP contribution in [0.4, 0.5) is 4.39 Å². The summed E-state index contributed by atoms with van der Waals surface area (Å²) >= 11 is 0. The summed E-state index contributed by atoms with van der Waals surface area (Å²) in [5, 5.41) is 11.0. The van der Waals surface area contributed by atoms with E-state index in [1.165, 1.54) is 30.2 Å². The minimum Gasteiger partial charge on any atom is -0.507 e. The minimum absolute atomic E-state index is 0.0621. The minimum atomic E-state index is -0.840. The second-order valence-corrected chi connectivity index (χ2v) is 7.12. The number of halogens is 1. The molecular weight excluding hydrogens is 401 g/mol. The zero-order chi connectivity index (χ0) is 22.5. The predicted molar refractivity (Wildman–Crippen MR) is 114 cm³/mol. The summed E-state index contributed by atoms with van der Waals surface area (Å²) in [7, 11) is 1.50. The van der Waals surface area contributed by atoms with Gasteiger partial charge in [-0.25, -0.2) is 4.39 Å². The average molecular weight is 425 g/mol. The molecule has 0 bridgehead atoms. The molecule has 2 aromatic carbocycles. The van der Waals surface area contributed by atoms with E-state index in [0.717, 1.165) is 0 Å². The van der Waals surface area contributed by atoms with Gasteiger partial charge in [0.2, 0.25) is 0 Å². The lowest BCUT2D eigenvalue weighted by Crippen LogP contribution is -2.32. The standard InChI is InChI=1S/C24H24FNO5/c1-4-11-31-18-7-5-6-16(14-18)21-20(23(28)24(29)26(21)10-12-30-3)22(27)17-8-9-19(25)15(2)13-17/h4-9,13-14,21,27H,1,10-12H2,2-3H3/b22-20-. The van der Waals surface area contributed by atoms with Gasteiger partial charge in [-0.05, 0) is 48.4 Å². The van der Waals surface area contributed by atoms with Crippen molar-refractivity contribution >= 4 is 17.4 Å². The number of carbonyl (C=O) groups is 2. The number of rotatable bonds is 8. The van der Waals surface area contributed by atoms with Crippen LogP contribution >= 0.6 is 0 Å². The molecule has 1 fully saturated rings. The summed E-state index contributed by atoms with van der Waals surface area (Å²) in [4.78, 5) is 27.1. The highest BCUT2D eigenvalue weighted by Crippen LogP contribution is 2.40. The highest BCUT2D eigenvalue weighted by atomic mass is 19.1. The molecule has 1 aliphatic rings. The Morgan fingerprint density at radius 1 is 1.26 bits per heavy atom. The molecule has 6 nitrogen and oxygen atoms in total. The smallest absolute Gasteiger partial charge is 0.295 e. The van der Waals surface area contributed by atoms with Crippen LogP contribution in [0.2, 0.25) is 0 Å². The van der Waals surface area contributed by atoms with Crippen molar-refractivity contribution in [1.82, 2.24) is 4.90 Å². The number of hydrogen-bond acceptors (Lipinski definition) is 5. The van der Waals surface area contributed by atoms with Gasteiger partial charge >= 0.3 is 0 Å². The van der Waals surface area contributed by atoms with Crippen LogP contribution in [0.1, 0.15) is 22.7 Å². The number of aliphatic hydroxyl groups is 1. The number of aliphatic hydroxyl groups excluding tert-OH is 1. The molecule has 2 aromatic rings. The number of ketones is 1. The van der Waals surface area contributed by atoms with E-state index in [1.807, 2.05) is 0 Å². The summed E-state index contributed by atoms with van der Waals surface area (Å²) < 4.78 is 24.4. The quantitative estimate of drug-likeness (QED) is 0.302. The number of Topliss-reactive ketones (excluding diaryl/α,β-unsaturated/α-hetero) is 1. The number of carbonyl (C=O) groups excluding carboxylic acids is 2. The van der Waals surface area contributed by atoms with Crippen molar-refractivity contribution < 1.29 is 28.6 Å². The average Bonchev–Trinajstić information content (AvgIpc) is 3.02. The first-order valence-electron chi connectivity index (χ1n) is 9.76. The number of likely N-dealkylation sites (tertiary alicyclic amines) is 1. The molecule has 1 aliphatic heterocycles. The van der Waals surface area contributed by atoms with E-state index in [-0.39, 0.29) is 30.0 Å². The lowest BCUT2D eigenvalue weighted by molar-refractivity contribution is -0.140. The molecule has 31 heavy (non-hydrogen) atoms. The van der Waals surface area contributed by atoms with Gasteiger partial charge in [0.05, 0.1) is 18.2 Å². The molecule has 0 radical (unpaired) electrons. The summed E-state index contributed by atoms with van der Waals surface area (Å²) in [6.07, 6.45) is 1.61. The van der Waals surface area contributed by atoms with Crippen LogP contribution in [-0.2, 0) is 14.3 Å². The van der Waals surface area contributed by atoms with Crippen molar-refractivity contribution in [1.29, 1.82) is 0 Å². The SMILES string of the molecule is C=CCOc1cccc(C2/C(=C(/O)c3ccc(F)c(C)c3)C(=O)C(=O)N2CCOC)c1. The monoisotopic (exact) mass is 425 g/mol. The summed E-state index contributed by atoms with van der Waals surface area (Å²) in [6, 6.07) is 10.1. The Balaban J connectivity index is 2.15. The van der Waals surface area contributed by atoms with Crippen LogP contribution in [0.5, 0.6) is 5.75 Å². The molecule has 1 saturated heterocycles. The third kappa shape index (κ3) is 4.51. The number of ether oxygens (including phenoxy) is 2. The molecule has 0 spiro atoms. The Kier molecular flexibility index (Phi) is 6.87. The van der Waals surface area contributed by atoms with Gasteiger partial charge in [0.25, 0.3) is 11.7 Å². The Bertz CT molecular complexity index is 1050. The fourth-order valence-electron chi connectivity index (χ4n) is 3.52. The molecule has 3 rings (SSSR count). The molecular formula is C24H24FNO5. The van der Waals surface area contributed by atoms with Crippen molar-refractivity contribution in [2.75, 3.05) is 26.9 Å². The molecule has 1 unspecified atom stereocenters. The van der Waals surface area contributed by atoms with Gasteiger partial charge in [-0.15, -0.1) is 0 Å². The molecule has 7 heteroatoms. The fraction of sp³-hybridized carbons (Fsp3) is 0.250. The fourth-order valence-corrected chi connectivity index (χ4v) is 3.52. The number of benzene rings is 2. The Morgan fingerprint density at radius 3 is 2.71 bits per heavy atom. The molecule has 0 aromatic heterocycles. The first kappa shape index (κ1) is 22.2. The van der Waals surface area contributed by atoms with E-state index in [0.29, 0.717) is 23.5 Å². The molecule has 1 N–H and O–H groups in total. The van der Waals surface area contributed by atoms with E-state index in [2.05, 4.69) is 6.58 Å². The molecule has 162 valence electrons. The lowest BCUT2D eigenvalue weighted by atomic mass is 9.94. The van der Waals surface area contributed by atoms with Gasteiger partial charge < -0.3 is 19.5 Å². The van der Waals surface area contributed by atoms with Gasteiger partial charge in [-0.2, -0.15) is 0 Å². The second kappa shape index (κ2) is 9.57. The van der Waals surface area contributed by atoms with Crippen molar-refractivity contribution in [2.24, 2.45) is 0 Å². The van der Waals surface area contributed by atoms with Crippen molar-refractivity contribution in [3.63, 3.8) is 0 Å². The summed E-state index contributed by atoms with van der Waals surface area (Å²) in [6.45, 7) is 5.84. The van der Waals surface area contributed by atoms with Crippen LogP contribution < -0.4 is 4.74 Å². The highest BCUT2D eigenvalue weighted by molar-refractivity contribution is 6.46. The predicted octanol–water partition coefficient (Wildman–Crippen LogP) is 3.77. The van der Waals surface area contributed by atoms with Crippen LogP contribution in [0.3, 0.4) is 0 Å². The Morgan fingerprint density at radius 2 is 2.03 bits per heavy atom. The maximum absolute atomic E-state index is 13.7. The third-order valence-electron chi connectivity index (χ3n) is 5.05. The maximum Gasteiger partial charge on any atom is 0.295 e. The van der Waals surface area contributed by atoms with E-state index in [1.54, 1.807) is 37.3 Å². The molecule has 1 amide bonds. The van der Waals surface area contributed by atoms with Crippen LogP contribution in [-0.4, -0.2) is 48.6 Å². The van der Waals surface area contributed by atoms with E-state index in [4.69, 9.17) is 9.47 Å². The number of methoxy groups -OCH3 is 1. The molecule has 0 saturated carbocycles. The Hall–Kier alpha value is -3.45. The summed E-state index contributed by atoms with van der Waals surface area (Å²) in [5.41, 5.74) is 1.10. The van der Waals surface area contributed by atoms with Gasteiger partial charge in [-0.3, -0.25) is 9.59 Å². The highest BCUT2D eigenvalue weighted by Gasteiger charge is 2.46. The van der Waals surface area contributed by atoms with Crippen LogP contribution in [0.25, 0.3) is 5.76 Å². The molecule has 1 atom stereocenters. The number of hydrogen-bond donors (Lipinski definition) is 1. The van der Waals surface area contributed by atoms with Crippen molar-refractivity contribution in [3.05, 3.63) is 83.2 Å². The zero-order valence-electron chi connectivity index (χ0n) is 17.4. The van der Waals surface area contributed by atoms with Gasteiger partial charge in [-0.1, -0.05) is 24.8 Å². The topological polar surface area (TPSA) is 76.1 Å². The Labute approximate surface area is 180 Å². The normalized spacial score (nSPS) is 17.8. The number of aryl methyl sites for hydroxylation is 1. The van der Waals surface area contributed by atoms with E-state index < -0.39 is 23.5 Å². The maximum atomic E-state index is 13.7. The van der Waals surface area contributed by atoms with Crippen LogP contribution in [0.15, 0.2) is 60.7 Å². The van der Waals surface area contributed by atoms with Crippen molar-refractivity contribution in [3.8, 4) is 5.75 Å². The van der Waals surface area contributed by atoms with E-state index in [9.17, 15) is 19.1 Å². The first-order chi connectivity index (χ1) is 14.9. The number of amides is 1. The van der Waals surface area contributed by atoms with E-state index >= 15 is 0 Å².